The van der Waals surface area contributed by atoms with Crippen LogP contribution in [0, 0.1) is 19.3 Å². The number of nitrogens with one attached hydrogen (secondary N) is 1. The van der Waals surface area contributed by atoms with Crippen molar-refractivity contribution in [1.29, 1.82) is 0 Å². The second-order valence-corrected chi connectivity index (χ2v) is 3.06. The van der Waals surface area contributed by atoms with Gasteiger partial charge < -0.3 is 18.7 Å². The Morgan fingerprint density at radius 2 is 1.58 bits per heavy atom. The first-order valence-electron chi connectivity index (χ1n) is 4.25. The second-order valence-electron chi connectivity index (χ2n) is 3.06. The number of halogens is 1. The van der Waals surface area contributed by atoms with Crippen LogP contribution >= 0.6 is 12.4 Å². The van der Waals surface area contributed by atoms with Gasteiger partial charge in [0.1, 0.15) is 0 Å². The van der Waals surface area contributed by atoms with Gasteiger partial charge in [0.15, 0.2) is 0 Å². The van der Waals surface area contributed by atoms with Crippen molar-refractivity contribution < 1.29 is 0 Å². The maximum Gasteiger partial charge on any atom is 2.00 e. The summed E-state index contributed by atoms with van der Waals surface area (Å²) in [6.45, 7) is 6.14. The molecule has 0 bridgehead atoms. The normalized spacial score (nSPS) is 20.8. The third-order valence-corrected chi connectivity index (χ3v) is 1.75. The average molecular weight is 200 g/mol. The molecule has 1 aliphatic carbocycles. The summed E-state index contributed by atoms with van der Waals surface area (Å²) in [6, 6.07) is 0. The molecule has 1 nitrogen and oxygen atoms in total. The van der Waals surface area contributed by atoms with Crippen LogP contribution in [0.4, 0.5) is 0 Å². The first kappa shape index (κ1) is 15.5. The van der Waals surface area contributed by atoms with Gasteiger partial charge in [0.25, 0.3) is 0 Å². The van der Waals surface area contributed by atoms with E-state index in [-0.39, 0.29) is 35.5 Å². The number of rotatable bonds is 0. The third-order valence-electron chi connectivity index (χ3n) is 1.75. The zero-order valence-corrected chi connectivity index (χ0v) is 9.95. The van der Waals surface area contributed by atoms with Gasteiger partial charge in [-0.2, -0.15) is 18.8 Å². The molecule has 0 aromatic rings. The third kappa shape index (κ3) is 11.0. The first-order valence-corrected chi connectivity index (χ1v) is 4.25. The van der Waals surface area contributed by atoms with Gasteiger partial charge in [-0.15, -0.1) is 12.4 Å². The van der Waals surface area contributed by atoms with Gasteiger partial charge >= 0.3 is 23.1 Å². The van der Waals surface area contributed by atoms with E-state index in [4.69, 9.17) is 0 Å². The molecule has 0 atom stereocenters. The zero-order chi connectivity index (χ0) is 7.23. The van der Waals surface area contributed by atoms with E-state index in [1.54, 1.807) is 0 Å². The van der Waals surface area contributed by atoms with Crippen LogP contribution in [0.15, 0.2) is 0 Å². The summed E-state index contributed by atoms with van der Waals surface area (Å²) < 4.78 is 0. The zero-order valence-electron chi connectivity index (χ0n) is 7.72. The number of hydrogen-bond acceptors (Lipinski definition) is 1. The summed E-state index contributed by atoms with van der Waals surface area (Å²) in [7, 11) is 0. The number of hydrogen-bond donors (Lipinski definition) is 1. The molecule has 0 unspecified atom stereocenters. The van der Waals surface area contributed by atoms with Crippen molar-refractivity contribution in [3.63, 3.8) is 0 Å². The molecule has 1 saturated carbocycles. The van der Waals surface area contributed by atoms with Gasteiger partial charge in [-0.3, -0.25) is 0 Å². The Morgan fingerprint density at radius 3 is 1.67 bits per heavy atom. The molecule has 68 valence electrons. The Hall–Kier alpha value is 1.02. The average Bonchev–Trinajstić information content (AvgIpc) is 2.77. The van der Waals surface area contributed by atoms with Gasteiger partial charge in [0, 0.05) is 0 Å². The van der Waals surface area contributed by atoms with E-state index in [1.807, 2.05) is 0 Å². The van der Waals surface area contributed by atoms with Crippen molar-refractivity contribution in [2.45, 2.75) is 25.7 Å². The smallest absolute Gasteiger partial charge is 0.340 e. The largest absolute Gasteiger partial charge is 2.00 e. The van der Waals surface area contributed by atoms with Crippen LogP contribution in [0.1, 0.15) is 25.7 Å². The maximum absolute atomic E-state index is 3.75. The van der Waals surface area contributed by atoms with Crippen LogP contribution < -0.4 is 5.32 Å². The minimum absolute atomic E-state index is 0. The van der Waals surface area contributed by atoms with Crippen molar-refractivity contribution in [3.8, 4) is 0 Å². The van der Waals surface area contributed by atoms with E-state index in [1.165, 1.54) is 38.8 Å². The molecule has 0 aromatic heterocycles. The van der Waals surface area contributed by atoms with Crippen molar-refractivity contribution in [1.82, 2.24) is 5.32 Å². The number of piperidine rings is 1. The van der Waals surface area contributed by atoms with Gasteiger partial charge in [-0.25, -0.2) is 0 Å². The topological polar surface area (TPSA) is 12.0 Å². The minimum atomic E-state index is 0. The summed E-state index contributed by atoms with van der Waals surface area (Å²) in [5.74, 6) is 0.833. The molecule has 2 rings (SSSR count). The quantitative estimate of drug-likeness (QED) is 0.464. The molecular weight excluding hydrogens is 182 g/mol. The fraction of sp³-hybridized carbons (Fsp3) is 0.778. The van der Waals surface area contributed by atoms with Crippen molar-refractivity contribution in [2.75, 3.05) is 13.1 Å². The SMILES string of the molecule is Cl.[CH-]1CCNCC1.[CH2-]C1CC1.[Mg+2]. The predicted octanol–water partition coefficient (Wildman–Crippen LogP) is 1.85. The van der Waals surface area contributed by atoms with E-state index in [2.05, 4.69) is 18.7 Å². The standard InChI is InChI=1S/C5H10N.C4H7.ClH.Mg/c1-2-4-6-5-3-1;1-4-2-3-4;;/h1,6H,2-5H2;4H,1-3H2;1H;/q2*-1;;+2. The van der Waals surface area contributed by atoms with Crippen molar-refractivity contribution in [2.24, 2.45) is 5.92 Å². The van der Waals surface area contributed by atoms with E-state index in [0.29, 0.717) is 0 Å². The van der Waals surface area contributed by atoms with E-state index >= 15 is 0 Å². The van der Waals surface area contributed by atoms with Gasteiger partial charge in [0.2, 0.25) is 0 Å². The molecule has 2 fully saturated rings. The van der Waals surface area contributed by atoms with Gasteiger partial charge in [0.05, 0.1) is 0 Å². The predicted molar refractivity (Wildman–Crippen MR) is 57.5 cm³/mol. The Kier molecular flexibility index (Phi) is 13.0. The van der Waals surface area contributed by atoms with Crippen LogP contribution in [0.2, 0.25) is 0 Å². The first-order chi connectivity index (χ1) is 4.89. The molecule has 1 saturated heterocycles. The minimum Gasteiger partial charge on any atom is -0.340 e. The molecule has 1 aliphatic heterocycles. The van der Waals surface area contributed by atoms with Crippen LogP contribution in [0.3, 0.4) is 0 Å². The summed E-state index contributed by atoms with van der Waals surface area (Å²) in [6.07, 6.45) is 7.61. The molecule has 0 aromatic carbocycles. The van der Waals surface area contributed by atoms with Crippen LogP contribution in [-0.2, 0) is 0 Å². The fourth-order valence-electron chi connectivity index (χ4n) is 0.795. The van der Waals surface area contributed by atoms with Crippen molar-refractivity contribution in [3.05, 3.63) is 13.3 Å². The molecule has 1 heterocycles. The summed E-state index contributed by atoms with van der Waals surface area (Å²) in [5.41, 5.74) is 0. The Balaban J connectivity index is 0. The summed E-state index contributed by atoms with van der Waals surface area (Å²) in [4.78, 5) is 0. The molecular formula is C9H18ClMgN. The monoisotopic (exact) mass is 199 g/mol. The van der Waals surface area contributed by atoms with E-state index < -0.39 is 0 Å². The van der Waals surface area contributed by atoms with E-state index in [9.17, 15) is 0 Å². The maximum atomic E-state index is 3.75. The van der Waals surface area contributed by atoms with Crippen LogP contribution in [0.5, 0.6) is 0 Å². The Labute approximate surface area is 98.6 Å². The van der Waals surface area contributed by atoms with Crippen LogP contribution in [-0.4, -0.2) is 36.1 Å². The Bertz CT molecular complexity index is 71.1. The summed E-state index contributed by atoms with van der Waals surface area (Å²) >= 11 is 0. The molecule has 0 spiro atoms. The molecule has 0 radical (unpaired) electrons. The molecule has 3 heteroatoms. The van der Waals surface area contributed by atoms with E-state index in [0.717, 1.165) is 5.92 Å². The second kappa shape index (κ2) is 10.1. The molecule has 1 N–H and O–H groups in total. The molecule has 12 heavy (non-hydrogen) atoms. The van der Waals surface area contributed by atoms with Gasteiger partial charge in [-0.05, 0) is 13.1 Å². The van der Waals surface area contributed by atoms with Crippen molar-refractivity contribution >= 4 is 35.5 Å². The molecule has 0 amide bonds. The summed E-state index contributed by atoms with van der Waals surface area (Å²) in [5, 5.41) is 3.25. The Morgan fingerprint density at radius 1 is 1.17 bits per heavy atom. The molecule has 2 aliphatic rings. The van der Waals surface area contributed by atoms with Crippen LogP contribution in [0.25, 0.3) is 0 Å². The fourth-order valence-corrected chi connectivity index (χ4v) is 0.795. The van der Waals surface area contributed by atoms with Gasteiger partial charge in [-0.1, -0.05) is 12.8 Å².